The second-order valence-electron chi connectivity index (χ2n) is 6.89. The van der Waals surface area contributed by atoms with Crippen molar-refractivity contribution < 1.29 is 14.3 Å². The van der Waals surface area contributed by atoms with Crippen molar-refractivity contribution in [2.45, 2.75) is 30.4 Å². The summed E-state index contributed by atoms with van der Waals surface area (Å²) in [6.07, 6.45) is 0.483. The summed E-state index contributed by atoms with van der Waals surface area (Å²) in [5.41, 5.74) is 2.22. The molecule has 0 aromatic heterocycles. The van der Waals surface area contributed by atoms with E-state index in [-0.39, 0.29) is 22.7 Å². The monoisotopic (exact) mass is 383 g/mol. The lowest BCUT2D eigenvalue weighted by molar-refractivity contribution is -0.120. The molecule has 4 nitrogen and oxygen atoms in total. The molecule has 2 aromatic carbocycles. The van der Waals surface area contributed by atoms with Crippen LogP contribution in [0.15, 0.2) is 53.4 Å². The Morgan fingerprint density at radius 2 is 1.81 bits per heavy atom. The molecule has 0 spiro atoms. The number of thioether (sulfide) groups is 1. The van der Waals surface area contributed by atoms with Crippen molar-refractivity contribution in [3.8, 4) is 5.75 Å². The number of hydrogen-bond donors (Lipinski definition) is 0. The average molecular weight is 384 g/mol. The normalized spacial score (nSPS) is 19.1. The predicted molar refractivity (Wildman–Crippen MR) is 110 cm³/mol. The Kier molecular flexibility index (Phi) is 6.22. The zero-order chi connectivity index (χ0) is 19.4. The minimum absolute atomic E-state index is 0.0249. The van der Waals surface area contributed by atoms with E-state index in [1.807, 2.05) is 36.4 Å². The van der Waals surface area contributed by atoms with E-state index >= 15 is 0 Å². The van der Waals surface area contributed by atoms with Crippen molar-refractivity contribution in [1.29, 1.82) is 0 Å². The van der Waals surface area contributed by atoms with E-state index in [0.717, 1.165) is 21.9 Å². The van der Waals surface area contributed by atoms with E-state index < -0.39 is 0 Å². The van der Waals surface area contributed by atoms with Gasteiger partial charge in [-0.1, -0.05) is 24.3 Å². The Bertz CT molecular complexity index is 819. The second-order valence-corrected chi connectivity index (χ2v) is 8.08. The topological polar surface area (TPSA) is 46.6 Å². The molecule has 0 unspecified atom stereocenters. The van der Waals surface area contributed by atoms with E-state index in [4.69, 9.17) is 4.74 Å². The Hall–Kier alpha value is -2.27. The van der Waals surface area contributed by atoms with Crippen molar-refractivity contribution in [3.05, 3.63) is 54.1 Å². The highest BCUT2D eigenvalue weighted by atomic mass is 32.2. The van der Waals surface area contributed by atoms with Gasteiger partial charge in [0.05, 0.1) is 18.7 Å². The third-order valence-electron chi connectivity index (χ3n) is 4.94. The van der Waals surface area contributed by atoms with Crippen LogP contribution in [-0.2, 0) is 9.59 Å². The molecule has 1 aliphatic rings. The van der Waals surface area contributed by atoms with Gasteiger partial charge in [0.2, 0.25) is 0 Å². The average Bonchev–Trinajstić information content (AvgIpc) is 2.83. The largest absolute Gasteiger partial charge is 0.497 e. The van der Waals surface area contributed by atoms with Gasteiger partial charge in [0.1, 0.15) is 17.3 Å². The number of carbonyl (C=O) groups is 2. The van der Waals surface area contributed by atoms with Gasteiger partial charge in [-0.3, -0.25) is 9.59 Å². The molecule has 0 fully saturated rings. The van der Waals surface area contributed by atoms with Crippen molar-refractivity contribution in [1.82, 2.24) is 0 Å². The minimum Gasteiger partial charge on any atom is -0.497 e. The Morgan fingerprint density at radius 1 is 1.11 bits per heavy atom. The zero-order valence-corrected chi connectivity index (χ0v) is 16.8. The molecule has 2 aromatic rings. The van der Waals surface area contributed by atoms with Crippen LogP contribution in [0, 0.1) is 5.92 Å². The van der Waals surface area contributed by atoms with Crippen LogP contribution < -0.4 is 9.64 Å². The molecular formula is C22H25NO3S. The summed E-state index contributed by atoms with van der Waals surface area (Å²) in [7, 11) is 1.65. The minimum atomic E-state index is -0.150. The van der Waals surface area contributed by atoms with Crippen LogP contribution in [0.1, 0.15) is 31.1 Å². The molecule has 0 saturated heterocycles. The number of Topliss-reactive ketones (excluding diaryl/α,β-unsaturated/α-hetero) is 2. The summed E-state index contributed by atoms with van der Waals surface area (Å²) in [6, 6.07) is 16.2. The van der Waals surface area contributed by atoms with Crippen molar-refractivity contribution in [3.63, 3.8) is 0 Å². The molecule has 1 aliphatic heterocycles. The number of hydrogen-bond acceptors (Lipinski definition) is 5. The van der Waals surface area contributed by atoms with E-state index in [1.165, 1.54) is 0 Å². The number of methoxy groups -OCH3 is 1. The number of nitrogens with zero attached hydrogens (tertiary/aromatic N) is 1. The summed E-state index contributed by atoms with van der Waals surface area (Å²) < 4.78 is 5.27. The van der Waals surface area contributed by atoms with Crippen LogP contribution in [0.25, 0.3) is 0 Å². The van der Waals surface area contributed by atoms with Gasteiger partial charge in [-0.15, -0.1) is 11.8 Å². The van der Waals surface area contributed by atoms with Crippen LogP contribution in [0.2, 0.25) is 0 Å². The highest BCUT2D eigenvalue weighted by molar-refractivity contribution is 7.99. The molecule has 5 heteroatoms. The lowest BCUT2D eigenvalue weighted by Crippen LogP contribution is -2.35. The Balaban J connectivity index is 1.99. The van der Waals surface area contributed by atoms with E-state index in [0.29, 0.717) is 19.5 Å². The molecule has 1 heterocycles. The quantitative estimate of drug-likeness (QED) is 0.733. The predicted octanol–water partition coefficient (Wildman–Crippen LogP) is 4.53. The number of rotatable bonds is 6. The third kappa shape index (κ3) is 4.53. The fourth-order valence-corrected chi connectivity index (χ4v) is 4.89. The van der Waals surface area contributed by atoms with Crippen molar-refractivity contribution in [2.24, 2.45) is 5.92 Å². The highest BCUT2D eigenvalue weighted by Crippen LogP contribution is 2.48. The molecule has 2 atom stereocenters. The van der Waals surface area contributed by atoms with E-state index in [2.05, 4.69) is 17.0 Å². The summed E-state index contributed by atoms with van der Waals surface area (Å²) in [5, 5.41) is 0.0249. The van der Waals surface area contributed by atoms with E-state index in [1.54, 1.807) is 32.7 Å². The summed E-state index contributed by atoms with van der Waals surface area (Å²) in [5.74, 6) is 0.988. The molecule has 27 heavy (non-hydrogen) atoms. The van der Waals surface area contributed by atoms with Crippen LogP contribution in [0.3, 0.4) is 0 Å². The number of para-hydroxylation sites is 1. The van der Waals surface area contributed by atoms with Crippen LogP contribution in [-0.4, -0.2) is 31.8 Å². The molecule has 0 N–H and O–H groups in total. The summed E-state index contributed by atoms with van der Waals surface area (Å²) in [6.45, 7) is 4.53. The first-order valence-corrected chi connectivity index (χ1v) is 10.0. The molecule has 0 radical (unpaired) electrons. The van der Waals surface area contributed by atoms with Gasteiger partial charge < -0.3 is 9.64 Å². The number of benzene rings is 2. The van der Waals surface area contributed by atoms with Crippen molar-refractivity contribution in [2.75, 3.05) is 25.1 Å². The lowest BCUT2D eigenvalue weighted by atomic mass is 9.94. The number of anilines is 1. The van der Waals surface area contributed by atoms with Crippen LogP contribution >= 0.6 is 11.8 Å². The van der Waals surface area contributed by atoms with Gasteiger partial charge in [-0.05, 0) is 43.7 Å². The lowest BCUT2D eigenvalue weighted by Gasteiger charge is -2.28. The first-order valence-electron chi connectivity index (χ1n) is 9.14. The van der Waals surface area contributed by atoms with E-state index in [9.17, 15) is 9.59 Å². The molecule has 3 rings (SSSR count). The van der Waals surface area contributed by atoms with Gasteiger partial charge in [0, 0.05) is 29.7 Å². The first kappa shape index (κ1) is 19.5. The number of fused-ring (bicyclic) bond motifs is 1. The maximum Gasteiger partial charge on any atom is 0.136 e. The summed E-state index contributed by atoms with van der Waals surface area (Å²) in [4.78, 5) is 27.4. The Labute approximate surface area is 164 Å². The number of carbonyl (C=O) groups excluding carboxylic acids is 2. The standard InChI is InChI=1S/C22H25NO3S/c1-15(24)12-13-23-14-19(16(2)25)22(17-8-10-18(26-3)11-9-17)27-21-7-5-4-6-20(21)23/h4-11,19,22H,12-14H2,1-3H3/t19-,22+/m0/s1. The summed E-state index contributed by atoms with van der Waals surface area (Å²) >= 11 is 1.73. The Morgan fingerprint density at radius 3 is 2.44 bits per heavy atom. The van der Waals surface area contributed by atoms with Gasteiger partial charge in [-0.2, -0.15) is 0 Å². The molecule has 0 aliphatic carbocycles. The molecular weight excluding hydrogens is 358 g/mol. The van der Waals surface area contributed by atoms with Gasteiger partial charge in [-0.25, -0.2) is 0 Å². The molecule has 0 amide bonds. The third-order valence-corrected chi connectivity index (χ3v) is 6.40. The number of ketones is 2. The SMILES string of the molecule is COc1ccc([C@H]2Sc3ccccc3N(CCC(C)=O)C[C@H]2C(C)=O)cc1. The molecule has 0 bridgehead atoms. The van der Waals surface area contributed by atoms with Crippen LogP contribution in [0.4, 0.5) is 5.69 Å². The number of ether oxygens (including phenoxy) is 1. The van der Waals surface area contributed by atoms with Gasteiger partial charge in [0.15, 0.2) is 0 Å². The van der Waals surface area contributed by atoms with Crippen molar-refractivity contribution >= 4 is 29.0 Å². The fraction of sp³-hybridized carbons (Fsp3) is 0.364. The maximum absolute atomic E-state index is 12.6. The van der Waals surface area contributed by atoms with Gasteiger partial charge >= 0.3 is 0 Å². The van der Waals surface area contributed by atoms with Gasteiger partial charge in [0.25, 0.3) is 0 Å². The molecule has 0 saturated carbocycles. The molecule has 142 valence electrons. The zero-order valence-electron chi connectivity index (χ0n) is 16.0. The van der Waals surface area contributed by atoms with Crippen LogP contribution in [0.5, 0.6) is 5.75 Å². The first-order chi connectivity index (χ1) is 13.0. The second kappa shape index (κ2) is 8.61. The maximum atomic E-state index is 12.6. The fourth-order valence-electron chi connectivity index (χ4n) is 3.41. The highest BCUT2D eigenvalue weighted by Gasteiger charge is 2.34. The smallest absolute Gasteiger partial charge is 0.136 e.